The van der Waals surface area contributed by atoms with Gasteiger partial charge in [-0.25, -0.2) is 0 Å². The highest BCUT2D eigenvalue weighted by atomic mass is 16.5. The summed E-state index contributed by atoms with van der Waals surface area (Å²) in [5.74, 6) is 2.07. The Morgan fingerprint density at radius 2 is 2.36 bits per heavy atom. The first-order chi connectivity index (χ1) is 5.22. The number of terminal acetylenes is 1. The molecule has 0 aliphatic heterocycles. The van der Waals surface area contributed by atoms with E-state index in [2.05, 4.69) is 5.92 Å². The number of hydrogen-bond donors (Lipinski definition) is 0. The average molecular weight is 154 g/mol. The van der Waals surface area contributed by atoms with Crippen molar-refractivity contribution in [3.63, 3.8) is 0 Å². The Bertz CT molecular complexity index is 155. The van der Waals surface area contributed by atoms with Crippen LogP contribution in [0.4, 0.5) is 0 Å². The van der Waals surface area contributed by atoms with Crippen LogP contribution in [0.2, 0.25) is 0 Å². The number of esters is 1. The molecule has 0 amide bonds. The minimum absolute atomic E-state index is 0.161. The van der Waals surface area contributed by atoms with Gasteiger partial charge in [-0.3, -0.25) is 4.79 Å². The second kappa shape index (κ2) is 5.79. The first-order valence-corrected chi connectivity index (χ1v) is 3.82. The van der Waals surface area contributed by atoms with Gasteiger partial charge in [-0.05, 0) is 6.42 Å². The quantitative estimate of drug-likeness (QED) is 0.454. The van der Waals surface area contributed by atoms with Crippen LogP contribution in [0.15, 0.2) is 0 Å². The molecule has 11 heavy (non-hydrogen) atoms. The number of rotatable bonds is 4. The number of ether oxygens (including phenoxy) is 1. The van der Waals surface area contributed by atoms with Crippen LogP contribution < -0.4 is 0 Å². The Hall–Kier alpha value is -0.970. The second-order valence-electron chi connectivity index (χ2n) is 2.48. The van der Waals surface area contributed by atoms with Crippen molar-refractivity contribution in [3.8, 4) is 12.3 Å². The van der Waals surface area contributed by atoms with E-state index in [0.29, 0.717) is 13.0 Å². The van der Waals surface area contributed by atoms with E-state index >= 15 is 0 Å². The first-order valence-electron chi connectivity index (χ1n) is 3.82. The highest BCUT2D eigenvalue weighted by Gasteiger charge is 2.11. The molecule has 0 fully saturated rings. The molecule has 0 aromatic heterocycles. The minimum Gasteiger partial charge on any atom is -0.465 e. The van der Waals surface area contributed by atoms with Gasteiger partial charge < -0.3 is 4.74 Å². The summed E-state index contributed by atoms with van der Waals surface area (Å²) >= 11 is 0. The number of carbonyl (C=O) groups is 1. The second-order valence-corrected chi connectivity index (χ2v) is 2.48. The van der Waals surface area contributed by atoms with E-state index < -0.39 is 0 Å². The third-order valence-corrected chi connectivity index (χ3v) is 1.27. The van der Waals surface area contributed by atoms with Crippen LogP contribution in [0.25, 0.3) is 0 Å². The molecule has 0 bridgehead atoms. The van der Waals surface area contributed by atoms with Crippen molar-refractivity contribution in [1.82, 2.24) is 0 Å². The Labute approximate surface area is 67.9 Å². The molecule has 2 nitrogen and oxygen atoms in total. The lowest BCUT2D eigenvalue weighted by atomic mass is 10.1. The zero-order valence-electron chi connectivity index (χ0n) is 7.09. The first kappa shape index (κ1) is 10.0. The predicted octanol–water partition coefficient (Wildman–Crippen LogP) is 1.60. The van der Waals surface area contributed by atoms with E-state index in [1.54, 1.807) is 6.92 Å². The van der Waals surface area contributed by atoms with Crippen LogP contribution in [0.5, 0.6) is 0 Å². The molecule has 2 heteroatoms. The fraction of sp³-hybridized carbons (Fsp3) is 0.667. The molecule has 0 saturated carbocycles. The van der Waals surface area contributed by atoms with E-state index in [1.807, 2.05) is 6.92 Å². The summed E-state index contributed by atoms with van der Waals surface area (Å²) in [6.07, 6.45) is 6.35. The van der Waals surface area contributed by atoms with E-state index in [0.717, 1.165) is 6.42 Å². The van der Waals surface area contributed by atoms with Crippen molar-refractivity contribution in [3.05, 3.63) is 0 Å². The van der Waals surface area contributed by atoms with Gasteiger partial charge in [0.05, 0.1) is 12.5 Å². The lowest BCUT2D eigenvalue weighted by molar-refractivity contribution is -0.147. The molecule has 0 aromatic carbocycles. The predicted molar refractivity (Wildman–Crippen MR) is 43.9 cm³/mol. The molecule has 0 aromatic rings. The van der Waals surface area contributed by atoms with E-state index in [4.69, 9.17) is 11.2 Å². The standard InChI is InChI=1S/C9H14O2/c1-4-6-8(3)9(10)11-7-5-2/h1,8H,5-7H2,2-3H3. The largest absolute Gasteiger partial charge is 0.465 e. The van der Waals surface area contributed by atoms with Gasteiger partial charge in [0.1, 0.15) is 0 Å². The summed E-state index contributed by atoms with van der Waals surface area (Å²) in [6.45, 7) is 4.23. The van der Waals surface area contributed by atoms with Crippen molar-refractivity contribution in [2.24, 2.45) is 5.92 Å². The molecule has 0 N–H and O–H groups in total. The van der Waals surface area contributed by atoms with Gasteiger partial charge in [-0.2, -0.15) is 0 Å². The highest BCUT2D eigenvalue weighted by molar-refractivity contribution is 5.72. The van der Waals surface area contributed by atoms with Crippen LogP contribution in [0.1, 0.15) is 26.7 Å². The van der Waals surface area contributed by atoms with Crippen molar-refractivity contribution in [2.45, 2.75) is 26.7 Å². The van der Waals surface area contributed by atoms with E-state index in [9.17, 15) is 4.79 Å². The van der Waals surface area contributed by atoms with Gasteiger partial charge >= 0.3 is 5.97 Å². The zero-order chi connectivity index (χ0) is 8.69. The van der Waals surface area contributed by atoms with Gasteiger partial charge in [0.2, 0.25) is 0 Å². The van der Waals surface area contributed by atoms with Gasteiger partial charge in [-0.1, -0.05) is 13.8 Å². The zero-order valence-corrected chi connectivity index (χ0v) is 7.09. The lowest BCUT2D eigenvalue weighted by Crippen LogP contribution is -2.14. The fourth-order valence-electron chi connectivity index (χ4n) is 0.605. The van der Waals surface area contributed by atoms with Crippen LogP contribution in [-0.2, 0) is 9.53 Å². The summed E-state index contributed by atoms with van der Waals surface area (Å²) in [5.41, 5.74) is 0. The molecule has 0 saturated heterocycles. The molecule has 1 unspecified atom stereocenters. The van der Waals surface area contributed by atoms with Crippen LogP contribution in [-0.4, -0.2) is 12.6 Å². The number of hydrogen-bond acceptors (Lipinski definition) is 2. The molecule has 1 atom stereocenters. The normalized spacial score (nSPS) is 11.7. The monoisotopic (exact) mass is 154 g/mol. The summed E-state index contributed by atoms with van der Waals surface area (Å²) < 4.78 is 4.87. The van der Waals surface area contributed by atoms with Crippen LogP contribution in [0.3, 0.4) is 0 Å². The highest BCUT2D eigenvalue weighted by Crippen LogP contribution is 2.02. The van der Waals surface area contributed by atoms with Crippen molar-refractivity contribution < 1.29 is 9.53 Å². The van der Waals surface area contributed by atoms with E-state index in [-0.39, 0.29) is 11.9 Å². The molecule has 0 heterocycles. The van der Waals surface area contributed by atoms with Gasteiger partial charge in [0.15, 0.2) is 0 Å². The summed E-state index contributed by atoms with van der Waals surface area (Å²) in [7, 11) is 0. The van der Waals surface area contributed by atoms with Crippen molar-refractivity contribution in [1.29, 1.82) is 0 Å². The maximum Gasteiger partial charge on any atom is 0.309 e. The third-order valence-electron chi connectivity index (χ3n) is 1.27. The smallest absolute Gasteiger partial charge is 0.309 e. The molecule has 0 spiro atoms. The Morgan fingerprint density at radius 1 is 1.73 bits per heavy atom. The van der Waals surface area contributed by atoms with Gasteiger partial charge in [0.25, 0.3) is 0 Å². The molecule has 0 aliphatic rings. The Kier molecular flexibility index (Phi) is 5.28. The molecule has 0 radical (unpaired) electrons. The van der Waals surface area contributed by atoms with Gasteiger partial charge in [0, 0.05) is 6.42 Å². The summed E-state index contributed by atoms with van der Waals surface area (Å²) in [6, 6.07) is 0. The Morgan fingerprint density at radius 3 is 2.82 bits per heavy atom. The minimum atomic E-state index is -0.190. The van der Waals surface area contributed by atoms with Crippen molar-refractivity contribution >= 4 is 5.97 Å². The van der Waals surface area contributed by atoms with Crippen LogP contribution >= 0.6 is 0 Å². The molecule has 0 aliphatic carbocycles. The molecular weight excluding hydrogens is 140 g/mol. The molecular formula is C9H14O2. The van der Waals surface area contributed by atoms with Gasteiger partial charge in [-0.15, -0.1) is 12.3 Å². The van der Waals surface area contributed by atoms with E-state index in [1.165, 1.54) is 0 Å². The average Bonchev–Trinajstić information content (AvgIpc) is 2.00. The van der Waals surface area contributed by atoms with Crippen LogP contribution in [0, 0.1) is 18.3 Å². The Balaban J connectivity index is 3.57. The fourth-order valence-corrected chi connectivity index (χ4v) is 0.605. The maximum absolute atomic E-state index is 11.0. The lowest BCUT2D eigenvalue weighted by Gasteiger charge is -2.06. The third kappa shape index (κ3) is 4.44. The molecule has 0 rings (SSSR count). The van der Waals surface area contributed by atoms with Crippen molar-refractivity contribution in [2.75, 3.05) is 6.61 Å². The topological polar surface area (TPSA) is 26.3 Å². The summed E-state index contributed by atoms with van der Waals surface area (Å²) in [4.78, 5) is 11.0. The summed E-state index contributed by atoms with van der Waals surface area (Å²) in [5, 5.41) is 0. The SMILES string of the molecule is C#CCC(C)C(=O)OCCC. The maximum atomic E-state index is 11.0. The number of carbonyl (C=O) groups excluding carboxylic acids is 1. The molecule has 62 valence electrons.